The van der Waals surface area contributed by atoms with Crippen LogP contribution in [0.5, 0.6) is 0 Å². The molecule has 8 heavy (non-hydrogen) atoms. The molecule has 0 saturated carbocycles. The Morgan fingerprint density at radius 1 is 1.88 bits per heavy atom. The van der Waals surface area contributed by atoms with Crippen LogP contribution in [0.4, 0.5) is 0 Å². The predicted molar refractivity (Wildman–Crippen MR) is 27.5 cm³/mol. The van der Waals surface area contributed by atoms with Crippen LogP contribution in [-0.4, -0.2) is 26.4 Å². The van der Waals surface area contributed by atoms with Crippen LogP contribution in [0.25, 0.3) is 0 Å². The molecule has 0 atom stereocenters. The quantitative estimate of drug-likeness (QED) is 0.292. The number of carbonyl (C=O) groups excluding carboxylic acids is 1. The summed E-state index contributed by atoms with van der Waals surface area (Å²) in [5.74, 6) is -0.461. The van der Waals surface area contributed by atoms with Crippen molar-refractivity contribution < 1.29 is 14.4 Å². The molecule has 0 aromatic rings. The lowest BCUT2D eigenvalue weighted by Gasteiger charge is -1.93. The number of oxime groups is 1. The molecular weight excluding hydrogens is 110 g/mol. The van der Waals surface area contributed by atoms with Gasteiger partial charge in [-0.15, -0.1) is 5.16 Å². The van der Waals surface area contributed by atoms with E-state index in [1.54, 1.807) is 0 Å². The molecule has 0 aromatic carbocycles. The lowest BCUT2D eigenvalue weighted by atomic mass is 10.7. The van der Waals surface area contributed by atoms with E-state index in [0.29, 0.717) is 0 Å². The third-order valence-corrected chi connectivity index (χ3v) is 0.501. The zero-order valence-electron chi connectivity index (χ0n) is 4.59. The number of nitrogens with zero attached hydrogens (tertiary/aromatic N) is 1. The maximum atomic E-state index is 10.1. The minimum absolute atomic E-state index is 0.167. The highest BCUT2D eigenvalue weighted by atomic mass is 16.6. The molecule has 0 aliphatic carbocycles. The van der Waals surface area contributed by atoms with Crippen molar-refractivity contribution >= 4 is 12.7 Å². The maximum Gasteiger partial charge on any atom is 0.346 e. The number of esters is 1. The van der Waals surface area contributed by atoms with Gasteiger partial charge in [0.25, 0.3) is 0 Å². The third kappa shape index (κ3) is 3.14. The van der Waals surface area contributed by atoms with Crippen molar-refractivity contribution in [3.63, 3.8) is 0 Å². The Balaban J connectivity index is 3.11. The van der Waals surface area contributed by atoms with E-state index >= 15 is 0 Å². The first-order valence-corrected chi connectivity index (χ1v) is 1.96. The highest BCUT2D eigenvalue weighted by Crippen LogP contribution is 1.75. The number of rotatable bonds is 3. The van der Waals surface area contributed by atoms with Crippen LogP contribution in [0, 0.1) is 0 Å². The molecule has 46 valence electrons. The number of methoxy groups -OCH3 is 1. The smallest absolute Gasteiger partial charge is 0.346 e. The van der Waals surface area contributed by atoms with Crippen molar-refractivity contribution in [3.8, 4) is 0 Å². The average Bonchev–Trinajstić information content (AvgIpc) is 1.83. The molecule has 0 fully saturated rings. The van der Waals surface area contributed by atoms with Crippen molar-refractivity contribution in [2.24, 2.45) is 5.16 Å². The molecule has 0 spiro atoms. The molecule has 0 heterocycles. The minimum Gasteiger partial charge on any atom is -0.466 e. The topological polar surface area (TPSA) is 47.9 Å². The van der Waals surface area contributed by atoms with E-state index in [1.165, 1.54) is 7.11 Å². The Hall–Kier alpha value is -1.06. The van der Waals surface area contributed by atoms with Crippen LogP contribution >= 0.6 is 0 Å². The van der Waals surface area contributed by atoms with Crippen LogP contribution in [0.15, 0.2) is 5.16 Å². The highest BCUT2D eigenvalue weighted by molar-refractivity contribution is 5.70. The molecular formula is C4H7NO3. The summed E-state index contributed by atoms with van der Waals surface area (Å²) in [5, 5.41) is 2.97. The standard InChI is InChI=1S/C4H7NO3/c1-5-8-3-4(6)7-2/h1,3H2,2H3. The summed E-state index contributed by atoms with van der Waals surface area (Å²) in [6, 6.07) is 0. The second-order valence-corrected chi connectivity index (χ2v) is 0.979. The molecule has 0 N–H and O–H groups in total. The Kier molecular flexibility index (Phi) is 3.56. The van der Waals surface area contributed by atoms with Gasteiger partial charge < -0.3 is 9.57 Å². The second-order valence-electron chi connectivity index (χ2n) is 0.979. The fourth-order valence-corrected chi connectivity index (χ4v) is 0.157. The summed E-state index contributed by atoms with van der Waals surface area (Å²) in [4.78, 5) is 14.4. The van der Waals surface area contributed by atoms with Crippen LogP contribution in [0.2, 0.25) is 0 Å². The van der Waals surface area contributed by atoms with Crippen LogP contribution in [-0.2, 0) is 14.4 Å². The summed E-state index contributed by atoms with van der Waals surface area (Å²) in [7, 11) is 1.27. The SMILES string of the molecule is C=NOCC(=O)OC. The highest BCUT2D eigenvalue weighted by Gasteiger charge is 1.96. The van der Waals surface area contributed by atoms with Gasteiger partial charge in [0.15, 0.2) is 0 Å². The van der Waals surface area contributed by atoms with Gasteiger partial charge in [-0.2, -0.15) is 0 Å². The van der Waals surface area contributed by atoms with E-state index in [-0.39, 0.29) is 6.61 Å². The molecule has 0 unspecified atom stereocenters. The molecule has 4 heteroatoms. The van der Waals surface area contributed by atoms with Gasteiger partial charge in [-0.1, -0.05) is 0 Å². The molecule has 0 amide bonds. The Bertz CT molecular complexity index is 91.3. The van der Waals surface area contributed by atoms with E-state index < -0.39 is 5.97 Å². The van der Waals surface area contributed by atoms with Gasteiger partial charge in [0.05, 0.1) is 7.11 Å². The molecule has 0 radical (unpaired) electrons. The van der Waals surface area contributed by atoms with E-state index in [2.05, 4.69) is 21.4 Å². The monoisotopic (exact) mass is 117 g/mol. The molecule has 0 aliphatic rings. The number of carbonyl (C=O) groups is 1. The van der Waals surface area contributed by atoms with Crippen LogP contribution in [0.1, 0.15) is 0 Å². The molecule has 0 aromatic heterocycles. The van der Waals surface area contributed by atoms with Gasteiger partial charge >= 0.3 is 5.97 Å². The maximum absolute atomic E-state index is 10.1. The van der Waals surface area contributed by atoms with Gasteiger partial charge in [0.1, 0.15) is 0 Å². The zero-order valence-corrected chi connectivity index (χ0v) is 4.59. The Labute approximate surface area is 47.1 Å². The minimum atomic E-state index is -0.461. The summed E-state index contributed by atoms with van der Waals surface area (Å²) >= 11 is 0. The normalized spacial score (nSPS) is 7.62. The van der Waals surface area contributed by atoms with Crippen molar-refractivity contribution in [3.05, 3.63) is 0 Å². The molecule has 0 aliphatic heterocycles. The van der Waals surface area contributed by atoms with Gasteiger partial charge in [-0.25, -0.2) is 4.79 Å². The average molecular weight is 117 g/mol. The van der Waals surface area contributed by atoms with Gasteiger partial charge in [0, 0.05) is 6.72 Å². The van der Waals surface area contributed by atoms with E-state index in [9.17, 15) is 4.79 Å². The van der Waals surface area contributed by atoms with Crippen molar-refractivity contribution in [2.75, 3.05) is 13.7 Å². The first-order valence-electron chi connectivity index (χ1n) is 1.96. The van der Waals surface area contributed by atoms with Gasteiger partial charge in [-0.3, -0.25) is 0 Å². The van der Waals surface area contributed by atoms with Crippen molar-refractivity contribution in [2.45, 2.75) is 0 Å². The Morgan fingerprint density at radius 2 is 2.50 bits per heavy atom. The number of ether oxygens (including phenoxy) is 1. The van der Waals surface area contributed by atoms with Gasteiger partial charge in [0.2, 0.25) is 6.61 Å². The lowest BCUT2D eigenvalue weighted by Crippen LogP contribution is -2.06. The van der Waals surface area contributed by atoms with Gasteiger partial charge in [-0.05, 0) is 0 Å². The van der Waals surface area contributed by atoms with E-state index in [0.717, 1.165) is 0 Å². The zero-order chi connectivity index (χ0) is 6.41. The molecule has 0 saturated heterocycles. The van der Waals surface area contributed by atoms with E-state index in [4.69, 9.17) is 0 Å². The van der Waals surface area contributed by atoms with E-state index in [1.807, 2.05) is 0 Å². The van der Waals surface area contributed by atoms with Crippen molar-refractivity contribution in [1.82, 2.24) is 0 Å². The summed E-state index contributed by atoms with van der Waals surface area (Å²) in [6.45, 7) is 2.82. The first-order chi connectivity index (χ1) is 3.81. The fraction of sp³-hybridized carbons (Fsp3) is 0.500. The molecule has 0 bridgehead atoms. The van der Waals surface area contributed by atoms with Crippen molar-refractivity contribution in [1.29, 1.82) is 0 Å². The number of hydrogen-bond donors (Lipinski definition) is 0. The van der Waals surface area contributed by atoms with Crippen LogP contribution < -0.4 is 0 Å². The largest absolute Gasteiger partial charge is 0.466 e. The summed E-state index contributed by atoms with van der Waals surface area (Å²) in [6.07, 6.45) is 0. The summed E-state index contributed by atoms with van der Waals surface area (Å²) in [5.41, 5.74) is 0. The molecule has 4 nitrogen and oxygen atoms in total. The Morgan fingerprint density at radius 3 is 2.88 bits per heavy atom. The lowest BCUT2D eigenvalue weighted by molar-refractivity contribution is -0.145. The predicted octanol–water partition coefficient (Wildman–Crippen LogP) is -0.208. The number of hydrogen-bond acceptors (Lipinski definition) is 4. The summed E-state index contributed by atoms with van der Waals surface area (Å²) < 4.78 is 4.20. The first kappa shape index (κ1) is 6.94. The molecule has 0 rings (SSSR count). The fourth-order valence-electron chi connectivity index (χ4n) is 0.157. The second kappa shape index (κ2) is 4.11. The third-order valence-electron chi connectivity index (χ3n) is 0.501. The van der Waals surface area contributed by atoms with Crippen LogP contribution in [0.3, 0.4) is 0 Å².